The van der Waals surface area contributed by atoms with Gasteiger partial charge in [-0.15, -0.1) is 5.10 Å². The Balaban J connectivity index is 0.000000454. The molecule has 0 saturated carbocycles. The first-order chi connectivity index (χ1) is 17.1. The van der Waals surface area contributed by atoms with Crippen molar-refractivity contribution >= 4 is 12.0 Å². The molecule has 2 amide bonds. The van der Waals surface area contributed by atoms with Gasteiger partial charge in [-0.05, 0) is 30.7 Å². The first kappa shape index (κ1) is 27.4. The number of aromatic nitrogens is 3. The third kappa shape index (κ3) is 8.79. The molecule has 198 valence electrons. The summed E-state index contributed by atoms with van der Waals surface area (Å²) >= 11 is 0. The molecule has 36 heavy (non-hydrogen) atoms. The van der Waals surface area contributed by atoms with E-state index in [2.05, 4.69) is 20.5 Å². The van der Waals surface area contributed by atoms with Crippen molar-refractivity contribution in [1.29, 1.82) is 0 Å². The van der Waals surface area contributed by atoms with Crippen LogP contribution in [0.5, 0.6) is 0 Å². The SMILES string of the molecule is O=C(NCc1ccccc1)N1CCC(Cn2cc(CN3CCC(O)C3)nn2)CC1.O=C(O)C(F)(F)F. The van der Waals surface area contributed by atoms with Gasteiger partial charge < -0.3 is 20.4 Å². The lowest BCUT2D eigenvalue weighted by Crippen LogP contribution is -2.44. The lowest BCUT2D eigenvalue weighted by molar-refractivity contribution is -0.192. The van der Waals surface area contributed by atoms with Crippen LogP contribution in [0.1, 0.15) is 30.5 Å². The number of rotatable bonds is 6. The first-order valence-corrected chi connectivity index (χ1v) is 11.8. The van der Waals surface area contributed by atoms with E-state index in [9.17, 15) is 23.1 Å². The summed E-state index contributed by atoms with van der Waals surface area (Å²) in [6.45, 7) is 5.34. The number of aliphatic hydroxyl groups is 1. The molecule has 1 atom stereocenters. The number of urea groups is 1. The number of benzene rings is 1. The third-order valence-electron chi connectivity index (χ3n) is 6.10. The number of nitrogens with zero attached hydrogens (tertiary/aromatic N) is 5. The normalized spacial score (nSPS) is 19.0. The summed E-state index contributed by atoms with van der Waals surface area (Å²) in [5, 5.41) is 28.3. The molecule has 0 spiro atoms. The zero-order chi connectivity index (χ0) is 26.1. The topological polar surface area (TPSA) is 124 Å². The summed E-state index contributed by atoms with van der Waals surface area (Å²) in [5.74, 6) is -2.25. The van der Waals surface area contributed by atoms with Crippen molar-refractivity contribution < 1.29 is 33.0 Å². The predicted octanol–water partition coefficient (Wildman–Crippen LogP) is 2.10. The minimum absolute atomic E-state index is 0.0168. The highest BCUT2D eigenvalue weighted by atomic mass is 19.4. The third-order valence-corrected chi connectivity index (χ3v) is 6.10. The van der Waals surface area contributed by atoms with Crippen LogP contribution in [-0.2, 0) is 24.4 Å². The van der Waals surface area contributed by atoms with Crippen LogP contribution in [-0.4, -0.2) is 85.5 Å². The number of hydrogen-bond donors (Lipinski definition) is 3. The van der Waals surface area contributed by atoms with Crippen LogP contribution in [0.3, 0.4) is 0 Å². The average Bonchev–Trinajstić information content (AvgIpc) is 3.46. The summed E-state index contributed by atoms with van der Waals surface area (Å²) in [4.78, 5) is 25.4. The van der Waals surface area contributed by atoms with Crippen LogP contribution in [0, 0.1) is 5.92 Å². The fourth-order valence-corrected chi connectivity index (χ4v) is 4.15. The standard InChI is InChI=1S/C21H30N6O2.C2HF3O2/c28-20-8-9-25(16-20)14-19-15-27(24-23-19)13-18-6-10-26(11-7-18)21(29)22-12-17-4-2-1-3-5-17;3-2(4,5)1(6)7/h1-5,15,18,20,28H,6-14,16H2,(H,22,29);(H,6,7). The molecule has 2 aliphatic heterocycles. The molecule has 2 aromatic rings. The van der Waals surface area contributed by atoms with Gasteiger partial charge in [0.15, 0.2) is 0 Å². The van der Waals surface area contributed by atoms with E-state index in [-0.39, 0.29) is 12.1 Å². The Morgan fingerprint density at radius 1 is 1.08 bits per heavy atom. The molecule has 3 heterocycles. The fraction of sp³-hybridized carbons (Fsp3) is 0.565. The second-order valence-corrected chi connectivity index (χ2v) is 8.99. The summed E-state index contributed by atoms with van der Waals surface area (Å²) in [7, 11) is 0. The van der Waals surface area contributed by atoms with Gasteiger partial charge in [0.05, 0.1) is 11.8 Å². The van der Waals surface area contributed by atoms with E-state index in [0.29, 0.717) is 12.5 Å². The Morgan fingerprint density at radius 2 is 1.75 bits per heavy atom. The molecule has 0 bridgehead atoms. The van der Waals surface area contributed by atoms with Crippen molar-refractivity contribution in [3.05, 3.63) is 47.8 Å². The smallest absolute Gasteiger partial charge is 0.475 e. The number of halogens is 3. The Bertz CT molecular complexity index is 980. The highest BCUT2D eigenvalue weighted by molar-refractivity contribution is 5.74. The van der Waals surface area contributed by atoms with E-state index in [4.69, 9.17) is 9.90 Å². The number of carbonyl (C=O) groups excluding carboxylic acids is 1. The van der Waals surface area contributed by atoms with Gasteiger partial charge in [0.2, 0.25) is 0 Å². The lowest BCUT2D eigenvalue weighted by Gasteiger charge is -2.31. The fourth-order valence-electron chi connectivity index (χ4n) is 4.15. The monoisotopic (exact) mass is 512 g/mol. The number of hydrogen-bond acceptors (Lipinski definition) is 6. The number of piperidine rings is 1. The Kier molecular flexibility index (Phi) is 9.65. The van der Waals surface area contributed by atoms with Crippen molar-refractivity contribution in [3.63, 3.8) is 0 Å². The Labute approximate surface area is 206 Å². The molecule has 0 radical (unpaired) electrons. The van der Waals surface area contributed by atoms with Crippen LogP contribution in [0.15, 0.2) is 36.5 Å². The minimum Gasteiger partial charge on any atom is -0.475 e. The summed E-state index contributed by atoms with van der Waals surface area (Å²) in [6.07, 6.45) is -0.478. The van der Waals surface area contributed by atoms with Gasteiger partial charge in [-0.1, -0.05) is 35.5 Å². The summed E-state index contributed by atoms with van der Waals surface area (Å²) in [6, 6.07) is 10.00. The zero-order valence-electron chi connectivity index (χ0n) is 19.8. The van der Waals surface area contributed by atoms with Gasteiger partial charge >= 0.3 is 18.2 Å². The molecule has 1 unspecified atom stereocenters. The number of β-amino-alcohol motifs (C(OH)–C–C–N with tert-alkyl or cyclic N) is 1. The molecule has 4 rings (SSSR count). The second-order valence-electron chi connectivity index (χ2n) is 8.99. The van der Waals surface area contributed by atoms with E-state index in [1.807, 2.05) is 46.1 Å². The van der Waals surface area contributed by atoms with Crippen LogP contribution in [0.4, 0.5) is 18.0 Å². The molecular weight excluding hydrogens is 481 g/mol. The number of aliphatic carboxylic acids is 1. The molecule has 3 N–H and O–H groups in total. The molecule has 2 aliphatic rings. The number of amides is 2. The zero-order valence-corrected chi connectivity index (χ0v) is 19.8. The van der Waals surface area contributed by atoms with Gasteiger partial charge in [0.25, 0.3) is 0 Å². The predicted molar refractivity (Wildman–Crippen MR) is 123 cm³/mol. The van der Waals surface area contributed by atoms with E-state index < -0.39 is 12.1 Å². The first-order valence-electron chi connectivity index (χ1n) is 11.8. The van der Waals surface area contributed by atoms with Crippen molar-refractivity contribution in [3.8, 4) is 0 Å². The van der Waals surface area contributed by atoms with Crippen molar-refractivity contribution in [2.75, 3.05) is 26.2 Å². The number of aliphatic hydroxyl groups excluding tert-OH is 1. The molecule has 0 aliphatic carbocycles. The molecule has 2 fully saturated rings. The van der Waals surface area contributed by atoms with Crippen LogP contribution in [0.25, 0.3) is 0 Å². The maximum Gasteiger partial charge on any atom is 0.490 e. The van der Waals surface area contributed by atoms with E-state index >= 15 is 0 Å². The number of carboxylic acids is 1. The van der Waals surface area contributed by atoms with E-state index in [1.165, 1.54) is 0 Å². The maximum absolute atomic E-state index is 12.4. The quantitative estimate of drug-likeness (QED) is 0.542. The van der Waals surface area contributed by atoms with E-state index in [0.717, 1.165) is 69.8 Å². The molecule has 1 aromatic carbocycles. The van der Waals surface area contributed by atoms with Gasteiger partial charge in [-0.25, -0.2) is 9.59 Å². The number of alkyl halides is 3. The van der Waals surface area contributed by atoms with Gasteiger partial charge in [-0.2, -0.15) is 13.2 Å². The molecule has 13 heteroatoms. The molecular formula is C23H31F3N6O4. The van der Waals surface area contributed by atoms with Crippen LogP contribution < -0.4 is 5.32 Å². The summed E-state index contributed by atoms with van der Waals surface area (Å²) in [5.41, 5.74) is 2.07. The number of nitrogens with one attached hydrogen (secondary N) is 1. The second kappa shape index (κ2) is 12.7. The van der Waals surface area contributed by atoms with Crippen molar-refractivity contribution in [2.24, 2.45) is 5.92 Å². The Hall–Kier alpha value is -3.19. The highest BCUT2D eigenvalue weighted by Gasteiger charge is 2.38. The highest BCUT2D eigenvalue weighted by Crippen LogP contribution is 2.19. The number of carbonyl (C=O) groups is 2. The lowest BCUT2D eigenvalue weighted by atomic mass is 9.97. The summed E-state index contributed by atoms with van der Waals surface area (Å²) < 4.78 is 33.7. The van der Waals surface area contributed by atoms with Gasteiger partial charge in [0.1, 0.15) is 0 Å². The number of carboxylic acid groups (broad SMARTS) is 1. The van der Waals surface area contributed by atoms with Crippen LogP contribution >= 0.6 is 0 Å². The van der Waals surface area contributed by atoms with Gasteiger partial charge in [-0.3, -0.25) is 9.58 Å². The van der Waals surface area contributed by atoms with Crippen molar-refractivity contribution in [2.45, 2.75) is 51.2 Å². The molecule has 2 saturated heterocycles. The maximum atomic E-state index is 12.4. The van der Waals surface area contributed by atoms with Crippen molar-refractivity contribution in [1.82, 2.24) is 30.1 Å². The van der Waals surface area contributed by atoms with Crippen LogP contribution in [0.2, 0.25) is 0 Å². The average molecular weight is 513 g/mol. The largest absolute Gasteiger partial charge is 0.490 e. The minimum atomic E-state index is -5.08. The van der Waals surface area contributed by atoms with Gasteiger partial charge in [0, 0.05) is 52.0 Å². The Morgan fingerprint density at radius 3 is 2.33 bits per heavy atom. The van der Waals surface area contributed by atoms with E-state index in [1.54, 1.807) is 0 Å². The number of likely N-dealkylation sites (tertiary alicyclic amines) is 2. The molecule has 1 aromatic heterocycles. The molecule has 10 nitrogen and oxygen atoms in total.